The maximum Gasteiger partial charge on any atom is 0.163 e. The third kappa shape index (κ3) is 2.54. The second kappa shape index (κ2) is 5.54. The van der Waals surface area contributed by atoms with Gasteiger partial charge >= 0.3 is 0 Å². The smallest absolute Gasteiger partial charge is 0.163 e. The fourth-order valence-corrected chi connectivity index (χ4v) is 1.76. The van der Waals surface area contributed by atoms with E-state index in [4.69, 9.17) is 4.74 Å². The molecule has 16 heavy (non-hydrogen) atoms. The summed E-state index contributed by atoms with van der Waals surface area (Å²) in [5.41, 5.74) is 1.73. The minimum absolute atomic E-state index is 0.0305. The lowest BCUT2D eigenvalue weighted by molar-refractivity contribution is 0.101. The summed E-state index contributed by atoms with van der Waals surface area (Å²) in [6, 6.07) is 5.71. The summed E-state index contributed by atoms with van der Waals surface area (Å²) in [7, 11) is 1.59. The van der Waals surface area contributed by atoms with Gasteiger partial charge in [0.2, 0.25) is 0 Å². The first-order valence-electron chi connectivity index (χ1n) is 5.57. The monoisotopic (exact) mass is 221 g/mol. The second-order valence-corrected chi connectivity index (χ2v) is 3.61. The summed E-state index contributed by atoms with van der Waals surface area (Å²) in [4.78, 5) is 13.6. The molecule has 0 amide bonds. The Hall–Kier alpha value is -1.51. The molecule has 0 aliphatic heterocycles. The Morgan fingerprint density at radius 2 is 1.94 bits per heavy atom. The van der Waals surface area contributed by atoms with Crippen LogP contribution in [0.5, 0.6) is 5.75 Å². The molecule has 0 radical (unpaired) electrons. The predicted molar refractivity (Wildman–Crippen MR) is 66.6 cm³/mol. The first-order valence-corrected chi connectivity index (χ1v) is 5.57. The van der Waals surface area contributed by atoms with E-state index in [0.717, 1.165) is 18.8 Å². The van der Waals surface area contributed by atoms with Crippen LogP contribution in [0.15, 0.2) is 18.2 Å². The van der Waals surface area contributed by atoms with Crippen molar-refractivity contribution in [2.24, 2.45) is 0 Å². The topological polar surface area (TPSA) is 29.5 Å². The van der Waals surface area contributed by atoms with Crippen LogP contribution in [-0.2, 0) is 0 Å². The number of carbonyl (C=O) groups is 1. The van der Waals surface area contributed by atoms with E-state index in [2.05, 4.69) is 18.7 Å². The summed E-state index contributed by atoms with van der Waals surface area (Å²) in [5.74, 6) is 0.680. The van der Waals surface area contributed by atoms with Crippen molar-refractivity contribution in [1.29, 1.82) is 0 Å². The van der Waals surface area contributed by atoms with Gasteiger partial charge in [-0.2, -0.15) is 0 Å². The summed E-state index contributed by atoms with van der Waals surface area (Å²) >= 11 is 0. The molecule has 0 unspecified atom stereocenters. The van der Waals surface area contributed by atoms with Crippen LogP contribution in [0.25, 0.3) is 0 Å². The van der Waals surface area contributed by atoms with Gasteiger partial charge in [0.25, 0.3) is 0 Å². The van der Waals surface area contributed by atoms with E-state index < -0.39 is 0 Å². The van der Waals surface area contributed by atoms with Crippen LogP contribution >= 0.6 is 0 Å². The minimum Gasteiger partial charge on any atom is -0.496 e. The number of ketones is 1. The second-order valence-electron chi connectivity index (χ2n) is 3.61. The zero-order valence-electron chi connectivity index (χ0n) is 10.4. The van der Waals surface area contributed by atoms with Crippen LogP contribution in [0.2, 0.25) is 0 Å². The van der Waals surface area contributed by atoms with Crippen molar-refractivity contribution < 1.29 is 9.53 Å². The molecule has 0 N–H and O–H groups in total. The average Bonchev–Trinajstić information content (AvgIpc) is 2.30. The summed E-state index contributed by atoms with van der Waals surface area (Å²) in [5, 5.41) is 0. The molecule has 0 aromatic heterocycles. The zero-order valence-corrected chi connectivity index (χ0v) is 10.4. The van der Waals surface area contributed by atoms with Gasteiger partial charge in [0.15, 0.2) is 5.78 Å². The number of benzene rings is 1. The number of nitrogens with zero attached hydrogens (tertiary/aromatic N) is 1. The third-order valence-electron chi connectivity index (χ3n) is 2.69. The number of hydrogen-bond donors (Lipinski definition) is 0. The predicted octanol–water partition coefficient (Wildman–Crippen LogP) is 2.74. The van der Waals surface area contributed by atoms with Crippen molar-refractivity contribution >= 4 is 11.5 Å². The molecular formula is C13H19NO2. The molecular weight excluding hydrogens is 202 g/mol. The molecule has 0 saturated carbocycles. The maximum atomic E-state index is 11.4. The van der Waals surface area contributed by atoms with Crippen molar-refractivity contribution in [2.45, 2.75) is 20.8 Å². The molecule has 0 aliphatic rings. The number of anilines is 1. The van der Waals surface area contributed by atoms with Crippen LogP contribution < -0.4 is 9.64 Å². The van der Waals surface area contributed by atoms with E-state index in [9.17, 15) is 4.79 Å². The fraction of sp³-hybridized carbons (Fsp3) is 0.462. The Morgan fingerprint density at radius 1 is 1.31 bits per heavy atom. The van der Waals surface area contributed by atoms with Gasteiger partial charge in [-0.3, -0.25) is 4.79 Å². The Balaban J connectivity index is 3.12. The molecule has 0 saturated heterocycles. The maximum absolute atomic E-state index is 11.4. The van der Waals surface area contributed by atoms with E-state index in [0.29, 0.717) is 11.3 Å². The standard InChI is InChI=1S/C13H19NO2/c1-5-14(6-2)11-7-8-12(10(3)15)13(9-11)16-4/h7-9H,5-6H2,1-4H3. The SMILES string of the molecule is CCN(CC)c1ccc(C(C)=O)c(OC)c1. The number of hydrogen-bond acceptors (Lipinski definition) is 3. The number of rotatable bonds is 5. The van der Waals surface area contributed by atoms with Crippen LogP contribution in [0.1, 0.15) is 31.1 Å². The molecule has 1 rings (SSSR count). The van der Waals surface area contributed by atoms with E-state index in [1.165, 1.54) is 0 Å². The molecule has 0 bridgehead atoms. The highest BCUT2D eigenvalue weighted by Crippen LogP contribution is 2.25. The fourth-order valence-electron chi connectivity index (χ4n) is 1.76. The van der Waals surface area contributed by atoms with Crippen molar-refractivity contribution in [3.63, 3.8) is 0 Å². The average molecular weight is 221 g/mol. The van der Waals surface area contributed by atoms with Gasteiger partial charge in [-0.25, -0.2) is 0 Å². The zero-order chi connectivity index (χ0) is 12.1. The lowest BCUT2D eigenvalue weighted by Crippen LogP contribution is -2.21. The van der Waals surface area contributed by atoms with Gasteiger partial charge in [-0.05, 0) is 32.9 Å². The summed E-state index contributed by atoms with van der Waals surface area (Å²) in [6.45, 7) is 7.65. The van der Waals surface area contributed by atoms with Crippen molar-refractivity contribution in [2.75, 3.05) is 25.1 Å². The quantitative estimate of drug-likeness (QED) is 0.716. The Morgan fingerprint density at radius 3 is 2.38 bits per heavy atom. The molecule has 0 fully saturated rings. The van der Waals surface area contributed by atoms with Gasteiger partial charge in [-0.1, -0.05) is 0 Å². The molecule has 88 valence electrons. The molecule has 0 spiro atoms. The first kappa shape index (κ1) is 12.6. The van der Waals surface area contributed by atoms with Crippen molar-refractivity contribution in [3.8, 4) is 5.75 Å². The van der Waals surface area contributed by atoms with Gasteiger partial charge in [0.1, 0.15) is 5.75 Å². The molecule has 1 aromatic rings. The van der Waals surface area contributed by atoms with Crippen LogP contribution in [-0.4, -0.2) is 26.0 Å². The van der Waals surface area contributed by atoms with Crippen molar-refractivity contribution in [1.82, 2.24) is 0 Å². The van der Waals surface area contributed by atoms with E-state index in [1.807, 2.05) is 18.2 Å². The number of carbonyl (C=O) groups excluding carboxylic acids is 1. The van der Waals surface area contributed by atoms with Crippen LogP contribution in [0.3, 0.4) is 0 Å². The van der Waals surface area contributed by atoms with Crippen LogP contribution in [0.4, 0.5) is 5.69 Å². The number of ether oxygens (including phenoxy) is 1. The number of methoxy groups -OCH3 is 1. The van der Waals surface area contributed by atoms with E-state index >= 15 is 0 Å². The highest BCUT2D eigenvalue weighted by molar-refractivity contribution is 5.97. The van der Waals surface area contributed by atoms with Crippen molar-refractivity contribution in [3.05, 3.63) is 23.8 Å². The highest BCUT2D eigenvalue weighted by Gasteiger charge is 2.10. The van der Waals surface area contributed by atoms with Gasteiger partial charge in [-0.15, -0.1) is 0 Å². The van der Waals surface area contributed by atoms with E-state index in [1.54, 1.807) is 14.0 Å². The first-order chi connectivity index (χ1) is 7.63. The minimum atomic E-state index is 0.0305. The third-order valence-corrected chi connectivity index (χ3v) is 2.69. The summed E-state index contributed by atoms with van der Waals surface area (Å²) in [6.07, 6.45) is 0. The summed E-state index contributed by atoms with van der Waals surface area (Å²) < 4.78 is 5.24. The molecule has 1 aromatic carbocycles. The lowest BCUT2D eigenvalue weighted by Gasteiger charge is -2.22. The lowest BCUT2D eigenvalue weighted by atomic mass is 10.1. The Bertz CT molecular complexity index is 370. The molecule has 0 heterocycles. The van der Waals surface area contributed by atoms with Crippen LogP contribution in [0, 0.1) is 0 Å². The van der Waals surface area contributed by atoms with Gasteiger partial charge in [0.05, 0.1) is 12.7 Å². The largest absolute Gasteiger partial charge is 0.496 e. The highest BCUT2D eigenvalue weighted by atomic mass is 16.5. The Kier molecular flexibility index (Phi) is 4.35. The number of Topliss-reactive ketones (excluding diaryl/α,β-unsaturated/α-hetero) is 1. The normalized spacial score (nSPS) is 10.0. The van der Waals surface area contributed by atoms with Gasteiger partial charge < -0.3 is 9.64 Å². The molecule has 0 atom stereocenters. The Labute approximate surface area is 97.0 Å². The van der Waals surface area contributed by atoms with E-state index in [-0.39, 0.29) is 5.78 Å². The molecule has 3 nitrogen and oxygen atoms in total. The molecule has 3 heteroatoms. The molecule has 0 aliphatic carbocycles. The van der Waals surface area contributed by atoms with Gasteiger partial charge in [0, 0.05) is 24.8 Å².